The van der Waals surface area contributed by atoms with Gasteiger partial charge in [-0.1, -0.05) is 54.4 Å². The molecule has 130 valence electrons. The molecule has 2 atom stereocenters. The third-order valence-electron chi connectivity index (χ3n) is 3.59. The Morgan fingerprint density at radius 1 is 0.909 bits per heavy atom. The SMILES string of the molecule is CCCCOC(=O)C(C)C(CC(C)(C)C)C(=O)OCCCC. The first-order chi connectivity index (χ1) is 10.2. The van der Waals surface area contributed by atoms with Gasteiger partial charge in [-0.2, -0.15) is 0 Å². The summed E-state index contributed by atoms with van der Waals surface area (Å²) in [5, 5.41) is 0. The summed E-state index contributed by atoms with van der Waals surface area (Å²) in [6.07, 6.45) is 4.27. The summed E-state index contributed by atoms with van der Waals surface area (Å²) in [4.78, 5) is 24.5. The molecular weight excluding hydrogens is 280 g/mol. The molecule has 0 heterocycles. The van der Waals surface area contributed by atoms with Gasteiger partial charge in [0.15, 0.2) is 0 Å². The number of ether oxygens (including phenoxy) is 2. The van der Waals surface area contributed by atoms with Crippen molar-refractivity contribution >= 4 is 11.9 Å². The van der Waals surface area contributed by atoms with Crippen molar-refractivity contribution in [2.75, 3.05) is 13.2 Å². The van der Waals surface area contributed by atoms with E-state index in [0.29, 0.717) is 19.6 Å². The summed E-state index contributed by atoms with van der Waals surface area (Å²) in [5.74, 6) is -1.48. The quantitative estimate of drug-likeness (QED) is 0.444. The molecule has 0 rings (SSSR count). The van der Waals surface area contributed by atoms with Crippen molar-refractivity contribution in [3.05, 3.63) is 0 Å². The molecule has 0 aromatic carbocycles. The Kier molecular flexibility index (Phi) is 10.1. The number of esters is 2. The van der Waals surface area contributed by atoms with Gasteiger partial charge in [-0.3, -0.25) is 9.59 Å². The van der Waals surface area contributed by atoms with Crippen molar-refractivity contribution in [1.82, 2.24) is 0 Å². The zero-order valence-electron chi connectivity index (χ0n) is 15.2. The van der Waals surface area contributed by atoms with Gasteiger partial charge in [-0.25, -0.2) is 0 Å². The minimum absolute atomic E-state index is 0.0492. The second kappa shape index (κ2) is 10.6. The highest BCUT2D eigenvalue weighted by molar-refractivity contribution is 5.81. The Labute approximate surface area is 135 Å². The lowest BCUT2D eigenvalue weighted by molar-refractivity contribution is -0.161. The van der Waals surface area contributed by atoms with Gasteiger partial charge in [0.05, 0.1) is 25.0 Å². The minimum Gasteiger partial charge on any atom is -0.465 e. The molecule has 0 bridgehead atoms. The van der Waals surface area contributed by atoms with Crippen LogP contribution >= 0.6 is 0 Å². The largest absolute Gasteiger partial charge is 0.465 e. The van der Waals surface area contributed by atoms with Crippen LogP contribution < -0.4 is 0 Å². The topological polar surface area (TPSA) is 52.6 Å². The van der Waals surface area contributed by atoms with E-state index in [-0.39, 0.29) is 17.4 Å². The average molecular weight is 314 g/mol. The van der Waals surface area contributed by atoms with Crippen LogP contribution in [0.3, 0.4) is 0 Å². The molecule has 0 radical (unpaired) electrons. The van der Waals surface area contributed by atoms with Gasteiger partial charge >= 0.3 is 11.9 Å². The van der Waals surface area contributed by atoms with Gasteiger partial charge in [0.2, 0.25) is 0 Å². The van der Waals surface area contributed by atoms with E-state index < -0.39 is 11.8 Å². The van der Waals surface area contributed by atoms with E-state index in [2.05, 4.69) is 20.8 Å². The lowest BCUT2D eigenvalue weighted by atomic mass is 9.79. The number of carbonyl (C=O) groups is 2. The van der Waals surface area contributed by atoms with Gasteiger partial charge in [-0.15, -0.1) is 0 Å². The first-order valence-electron chi connectivity index (χ1n) is 8.56. The van der Waals surface area contributed by atoms with E-state index in [9.17, 15) is 9.59 Å². The van der Waals surface area contributed by atoms with Crippen LogP contribution in [-0.4, -0.2) is 25.2 Å². The Morgan fingerprint density at radius 3 is 1.77 bits per heavy atom. The van der Waals surface area contributed by atoms with E-state index in [1.54, 1.807) is 6.92 Å². The summed E-state index contributed by atoms with van der Waals surface area (Å²) in [6.45, 7) is 12.9. The second-order valence-corrected chi connectivity index (χ2v) is 7.20. The lowest BCUT2D eigenvalue weighted by Gasteiger charge is -2.28. The van der Waals surface area contributed by atoms with E-state index >= 15 is 0 Å². The maximum absolute atomic E-state index is 12.3. The molecule has 4 heteroatoms. The van der Waals surface area contributed by atoms with Crippen LogP contribution in [0.5, 0.6) is 0 Å². The molecule has 0 aliphatic carbocycles. The zero-order valence-corrected chi connectivity index (χ0v) is 15.2. The molecule has 0 saturated heterocycles. The Bertz CT molecular complexity index is 330. The van der Waals surface area contributed by atoms with E-state index in [0.717, 1.165) is 25.7 Å². The summed E-state index contributed by atoms with van der Waals surface area (Å²) in [7, 11) is 0. The third-order valence-corrected chi connectivity index (χ3v) is 3.59. The maximum atomic E-state index is 12.3. The first-order valence-corrected chi connectivity index (χ1v) is 8.56. The third kappa shape index (κ3) is 9.06. The highest BCUT2D eigenvalue weighted by Crippen LogP contribution is 2.30. The summed E-state index contributed by atoms with van der Waals surface area (Å²) < 4.78 is 10.6. The molecule has 0 fully saturated rings. The molecule has 2 unspecified atom stereocenters. The lowest BCUT2D eigenvalue weighted by Crippen LogP contribution is -2.34. The summed E-state index contributed by atoms with van der Waals surface area (Å²) >= 11 is 0. The fourth-order valence-electron chi connectivity index (χ4n) is 2.16. The van der Waals surface area contributed by atoms with Crippen molar-refractivity contribution < 1.29 is 19.1 Å². The van der Waals surface area contributed by atoms with E-state index in [4.69, 9.17) is 9.47 Å². The van der Waals surface area contributed by atoms with Gasteiger partial charge in [-0.05, 0) is 24.7 Å². The molecule has 4 nitrogen and oxygen atoms in total. The number of hydrogen-bond acceptors (Lipinski definition) is 4. The first kappa shape index (κ1) is 20.9. The monoisotopic (exact) mass is 314 g/mol. The Hall–Kier alpha value is -1.06. The minimum atomic E-state index is -0.467. The van der Waals surface area contributed by atoms with Crippen LogP contribution in [0, 0.1) is 17.3 Å². The van der Waals surface area contributed by atoms with Crippen molar-refractivity contribution in [1.29, 1.82) is 0 Å². The van der Waals surface area contributed by atoms with Crippen LogP contribution in [0.4, 0.5) is 0 Å². The molecule has 22 heavy (non-hydrogen) atoms. The number of carbonyl (C=O) groups excluding carboxylic acids is 2. The molecule has 0 spiro atoms. The van der Waals surface area contributed by atoms with E-state index in [1.165, 1.54) is 0 Å². The van der Waals surface area contributed by atoms with Gasteiger partial charge in [0, 0.05) is 0 Å². The van der Waals surface area contributed by atoms with E-state index in [1.807, 2.05) is 13.8 Å². The Balaban J connectivity index is 4.75. The predicted molar refractivity (Wildman–Crippen MR) is 88.5 cm³/mol. The van der Waals surface area contributed by atoms with Gasteiger partial charge < -0.3 is 9.47 Å². The van der Waals surface area contributed by atoms with Crippen LogP contribution in [0.2, 0.25) is 0 Å². The maximum Gasteiger partial charge on any atom is 0.309 e. The highest BCUT2D eigenvalue weighted by Gasteiger charge is 2.35. The smallest absolute Gasteiger partial charge is 0.309 e. The number of unbranched alkanes of at least 4 members (excludes halogenated alkanes) is 2. The van der Waals surface area contributed by atoms with Crippen LogP contribution in [0.15, 0.2) is 0 Å². The second-order valence-electron chi connectivity index (χ2n) is 7.20. The van der Waals surface area contributed by atoms with Crippen molar-refractivity contribution in [3.8, 4) is 0 Å². The standard InChI is InChI=1S/C18H34O4/c1-7-9-11-21-16(19)14(3)15(13-18(4,5)6)17(20)22-12-10-8-2/h14-15H,7-13H2,1-6H3. The zero-order chi connectivity index (χ0) is 17.2. The molecular formula is C18H34O4. The fourth-order valence-corrected chi connectivity index (χ4v) is 2.16. The van der Waals surface area contributed by atoms with Gasteiger partial charge in [0.1, 0.15) is 0 Å². The molecule has 0 aromatic heterocycles. The molecule has 0 amide bonds. The van der Waals surface area contributed by atoms with Crippen LogP contribution in [0.25, 0.3) is 0 Å². The molecule has 0 N–H and O–H groups in total. The fraction of sp³-hybridized carbons (Fsp3) is 0.889. The summed E-state index contributed by atoms with van der Waals surface area (Å²) in [5.41, 5.74) is -0.0492. The number of rotatable bonds is 10. The Morgan fingerprint density at radius 2 is 1.36 bits per heavy atom. The van der Waals surface area contributed by atoms with Crippen molar-refractivity contribution in [3.63, 3.8) is 0 Å². The normalized spacial score (nSPS) is 14.3. The molecule has 0 saturated carbocycles. The number of hydrogen-bond donors (Lipinski definition) is 0. The molecule has 0 aliphatic rings. The van der Waals surface area contributed by atoms with Gasteiger partial charge in [0.25, 0.3) is 0 Å². The van der Waals surface area contributed by atoms with Crippen molar-refractivity contribution in [2.24, 2.45) is 17.3 Å². The highest BCUT2D eigenvalue weighted by atomic mass is 16.5. The van der Waals surface area contributed by atoms with Crippen LogP contribution in [-0.2, 0) is 19.1 Å². The molecule has 0 aliphatic heterocycles. The average Bonchev–Trinajstić information content (AvgIpc) is 2.43. The van der Waals surface area contributed by atoms with Crippen LogP contribution in [0.1, 0.15) is 73.6 Å². The summed E-state index contributed by atoms with van der Waals surface area (Å²) in [6, 6.07) is 0. The predicted octanol–water partition coefficient (Wildman–Crippen LogP) is 4.36. The molecule has 0 aromatic rings. The van der Waals surface area contributed by atoms with Crippen molar-refractivity contribution in [2.45, 2.75) is 73.6 Å².